The van der Waals surface area contributed by atoms with Crippen molar-refractivity contribution in [2.24, 2.45) is 0 Å². The van der Waals surface area contributed by atoms with E-state index in [1.807, 2.05) is 0 Å². The number of benzene rings is 2. The summed E-state index contributed by atoms with van der Waals surface area (Å²) >= 11 is 6.11. The highest BCUT2D eigenvalue weighted by Gasteiger charge is 2.84. The molecular weight excluding hydrogens is 660 g/mol. The number of hydrogen-bond donors (Lipinski definition) is 0. The maximum atomic E-state index is 16.6. The Labute approximate surface area is 241 Å². The van der Waals surface area contributed by atoms with Gasteiger partial charge in [-0.3, -0.25) is 0 Å². The average Bonchev–Trinajstić information content (AvgIpc) is 3.14. The zero-order chi connectivity index (χ0) is 29.3. The van der Waals surface area contributed by atoms with Gasteiger partial charge in [-0.2, -0.15) is 35.1 Å². The number of hydrogen-bond acceptors (Lipinski definition) is 0. The van der Waals surface area contributed by atoms with E-state index in [0.717, 1.165) is 12.1 Å². The number of rotatable bonds is 14. The lowest BCUT2D eigenvalue weighted by Crippen LogP contribution is -2.69. The molecule has 0 fully saturated rings. The first-order chi connectivity index (χ1) is 18.1. The molecule has 0 aromatic heterocycles. The second-order valence-corrected chi connectivity index (χ2v) is 12.1. The predicted octanol–water partition coefficient (Wildman–Crippen LogP) is 12.0. The van der Waals surface area contributed by atoms with Gasteiger partial charge in [0.2, 0.25) is 0 Å². The van der Waals surface area contributed by atoms with Crippen LogP contribution in [0.3, 0.4) is 0 Å². The molecule has 3 rings (SSSR count). The lowest BCUT2D eigenvalue weighted by Gasteiger charge is -2.49. The van der Waals surface area contributed by atoms with Crippen molar-refractivity contribution in [3.8, 4) is 11.1 Å². The first-order valence-electron chi connectivity index (χ1n) is 13.2. The Morgan fingerprint density at radius 2 is 0.923 bits per heavy atom. The van der Waals surface area contributed by atoms with Crippen molar-refractivity contribution in [2.45, 2.75) is 107 Å². The summed E-state index contributed by atoms with van der Waals surface area (Å²) < 4.78 is 129. The van der Waals surface area contributed by atoms with Crippen molar-refractivity contribution >= 4 is 31.9 Å². The zero-order valence-corrected chi connectivity index (χ0v) is 25.0. The maximum absolute atomic E-state index is 16.6. The Kier molecular flexibility index (Phi) is 9.94. The van der Waals surface area contributed by atoms with E-state index in [1.54, 1.807) is 13.8 Å². The van der Waals surface area contributed by atoms with Crippen LogP contribution in [-0.2, 0) is 5.41 Å². The van der Waals surface area contributed by atoms with Gasteiger partial charge in [0.15, 0.2) is 5.41 Å². The molecule has 2 aromatic rings. The average molecular weight is 692 g/mol. The van der Waals surface area contributed by atoms with Gasteiger partial charge in [0, 0.05) is 21.8 Å². The summed E-state index contributed by atoms with van der Waals surface area (Å²) in [6, 6.07) is 6.90. The lowest BCUT2D eigenvalue weighted by atomic mass is 9.63. The number of halogens is 10. The molecule has 0 heterocycles. The van der Waals surface area contributed by atoms with E-state index in [0.29, 0.717) is 25.7 Å². The van der Waals surface area contributed by atoms with E-state index in [1.165, 1.54) is 24.3 Å². The van der Waals surface area contributed by atoms with E-state index >= 15 is 35.1 Å². The maximum Gasteiger partial charge on any atom is 0.329 e. The largest absolute Gasteiger partial charge is 0.329 e. The Morgan fingerprint density at radius 3 is 1.26 bits per heavy atom. The quantitative estimate of drug-likeness (QED) is 0.137. The molecule has 10 heteroatoms. The van der Waals surface area contributed by atoms with Crippen LogP contribution in [0.2, 0.25) is 0 Å². The van der Waals surface area contributed by atoms with Crippen molar-refractivity contribution in [1.82, 2.24) is 0 Å². The minimum atomic E-state index is -5.58. The Bertz CT molecular complexity index is 1060. The van der Waals surface area contributed by atoms with Crippen molar-refractivity contribution in [3.63, 3.8) is 0 Å². The van der Waals surface area contributed by atoms with Crippen LogP contribution in [0.4, 0.5) is 35.1 Å². The van der Waals surface area contributed by atoms with E-state index < -0.39 is 53.1 Å². The second kappa shape index (κ2) is 12.0. The third-order valence-corrected chi connectivity index (χ3v) is 8.60. The molecule has 1 aliphatic rings. The van der Waals surface area contributed by atoms with Crippen molar-refractivity contribution < 1.29 is 35.1 Å². The summed E-state index contributed by atoms with van der Waals surface area (Å²) in [5, 5.41) is 0. The van der Waals surface area contributed by atoms with E-state index in [-0.39, 0.29) is 45.8 Å². The second-order valence-electron chi connectivity index (χ2n) is 10.3. The highest BCUT2D eigenvalue weighted by Crippen LogP contribution is 2.69. The van der Waals surface area contributed by atoms with Gasteiger partial charge in [-0.1, -0.05) is 96.4 Å². The van der Waals surface area contributed by atoms with Crippen LogP contribution in [0.5, 0.6) is 0 Å². The van der Waals surface area contributed by atoms with Gasteiger partial charge >= 0.3 is 23.7 Å². The van der Waals surface area contributed by atoms with Crippen LogP contribution >= 0.6 is 31.9 Å². The SMILES string of the molecule is CCCCCCC(F)(F)C(F)(F)C1(C(F)(F)C(F)(F)CCCCCC)c2cc(Br)ccc2-c2ccc(Br)cc21. The van der Waals surface area contributed by atoms with Crippen molar-refractivity contribution in [3.05, 3.63) is 56.5 Å². The van der Waals surface area contributed by atoms with E-state index in [9.17, 15) is 0 Å². The molecule has 2 aromatic carbocycles. The Morgan fingerprint density at radius 1 is 0.564 bits per heavy atom. The molecular formula is C29H32Br2F8. The standard InChI is InChI=1S/C29H32Br2F8/c1-3-5-7-9-15-25(32,33)28(36,37)27(29(38,39)26(34,35)16-10-8-6-4-2)23-17-19(30)11-13-21(23)22-14-12-20(31)18-24(22)27/h11-14,17-18H,3-10,15-16H2,1-2H3. The fraction of sp³-hybridized carbons (Fsp3) is 0.586. The van der Waals surface area contributed by atoms with Crippen molar-refractivity contribution in [1.29, 1.82) is 0 Å². The molecule has 0 bridgehead atoms. The van der Waals surface area contributed by atoms with Gasteiger partial charge in [0.05, 0.1) is 0 Å². The van der Waals surface area contributed by atoms with Gasteiger partial charge < -0.3 is 0 Å². The number of alkyl halides is 8. The Hall–Kier alpha value is -1.16. The minimum absolute atomic E-state index is 0.0293. The molecule has 0 spiro atoms. The fourth-order valence-electron chi connectivity index (χ4n) is 5.55. The molecule has 0 nitrogen and oxygen atoms in total. The first-order valence-corrected chi connectivity index (χ1v) is 14.8. The van der Waals surface area contributed by atoms with Crippen LogP contribution in [0.25, 0.3) is 11.1 Å². The molecule has 218 valence electrons. The summed E-state index contributed by atoms with van der Waals surface area (Å²) in [6.07, 6.45) is -0.918. The summed E-state index contributed by atoms with van der Waals surface area (Å²) in [7, 11) is 0. The number of unbranched alkanes of at least 4 members (excludes halogenated alkanes) is 6. The van der Waals surface area contributed by atoms with Crippen LogP contribution in [0, 0.1) is 0 Å². The monoisotopic (exact) mass is 690 g/mol. The van der Waals surface area contributed by atoms with Gasteiger partial charge in [-0.15, -0.1) is 0 Å². The molecule has 1 aliphatic carbocycles. The molecule has 0 aliphatic heterocycles. The molecule has 39 heavy (non-hydrogen) atoms. The molecule has 0 amide bonds. The highest BCUT2D eigenvalue weighted by molar-refractivity contribution is 9.10. The Balaban J connectivity index is 2.35. The first kappa shape index (κ1) is 32.4. The van der Waals surface area contributed by atoms with Crippen LogP contribution in [-0.4, -0.2) is 23.7 Å². The van der Waals surface area contributed by atoms with Gasteiger partial charge in [0.1, 0.15) is 0 Å². The third-order valence-electron chi connectivity index (χ3n) is 7.61. The summed E-state index contributed by atoms with van der Waals surface area (Å²) in [5.74, 6) is -21.2. The number of fused-ring (bicyclic) bond motifs is 3. The van der Waals surface area contributed by atoms with E-state index in [4.69, 9.17) is 0 Å². The normalized spacial score (nSPS) is 15.4. The summed E-state index contributed by atoms with van der Waals surface area (Å²) in [5.41, 5.74) is -6.63. The van der Waals surface area contributed by atoms with Gasteiger partial charge in [0.25, 0.3) is 0 Å². The van der Waals surface area contributed by atoms with Crippen LogP contribution < -0.4 is 0 Å². The van der Waals surface area contributed by atoms with E-state index in [2.05, 4.69) is 31.9 Å². The smallest absolute Gasteiger partial charge is 0.200 e. The summed E-state index contributed by atoms with van der Waals surface area (Å²) in [6.45, 7) is 3.60. The fourth-order valence-corrected chi connectivity index (χ4v) is 6.27. The summed E-state index contributed by atoms with van der Waals surface area (Å²) in [4.78, 5) is 0. The lowest BCUT2D eigenvalue weighted by molar-refractivity contribution is -0.324. The van der Waals surface area contributed by atoms with Gasteiger partial charge in [-0.05, 0) is 59.4 Å². The molecule has 0 atom stereocenters. The van der Waals surface area contributed by atoms with Gasteiger partial charge in [-0.25, -0.2) is 0 Å². The van der Waals surface area contributed by atoms with Crippen molar-refractivity contribution in [2.75, 3.05) is 0 Å². The van der Waals surface area contributed by atoms with Crippen LogP contribution in [0.1, 0.15) is 89.2 Å². The van der Waals surface area contributed by atoms with Crippen LogP contribution in [0.15, 0.2) is 45.3 Å². The molecule has 0 N–H and O–H groups in total. The zero-order valence-electron chi connectivity index (χ0n) is 21.8. The molecule has 0 radical (unpaired) electrons. The molecule has 0 saturated heterocycles. The predicted molar refractivity (Wildman–Crippen MR) is 145 cm³/mol. The molecule has 0 unspecified atom stereocenters. The third kappa shape index (κ3) is 5.42. The topological polar surface area (TPSA) is 0 Å². The molecule has 0 saturated carbocycles. The minimum Gasteiger partial charge on any atom is -0.200 e. The highest BCUT2D eigenvalue weighted by atomic mass is 79.9.